The molecule has 1 heterocycles. The predicted molar refractivity (Wildman–Crippen MR) is 118 cm³/mol. The molecule has 0 bridgehead atoms. The minimum atomic E-state index is -0.630. The van der Waals surface area contributed by atoms with Crippen molar-refractivity contribution in [3.63, 3.8) is 0 Å². The SMILES string of the molecule is COc1ccc(CCNC(=O)C(Cc2c[nH]c3ccccc23)NC(=O)C(C)C)cc1. The molecule has 1 unspecified atom stereocenters. The quantitative estimate of drug-likeness (QED) is 0.509. The summed E-state index contributed by atoms with van der Waals surface area (Å²) in [6.45, 7) is 4.13. The molecule has 6 heteroatoms. The molecular formula is C24H29N3O3. The third-order valence-electron chi connectivity index (χ3n) is 5.13. The number of benzene rings is 2. The normalized spacial score (nSPS) is 12.0. The lowest BCUT2D eigenvalue weighted by molar-refractivity contribution is -0.130. The van der Waals surface area contributed by atoms with Crippen molar-refractivity contribution in [3.8, 4) is 5.75 Å². The number of ether oxygens (including phenoxy) is 1. The molecule has 0 spiro atoms. The minimum Gasteiger partial charge on any atom is -0.497 e. The summed E-state index contributed by atoms with van der Waals surface area (Å²) in [5, 5.41) is 6.93. The molecule has 1 atom stereocenters. The van der Waals surface area contributed by atoms with Crippen molar-refractivity contribution in [3.05, 3.63) is 65.9 Å². The number of methoxy groups -OCH3 is 1. The molecule has 1 aromatic heterocycles. The van der Waals surface area contributed by atoms with Gasteiger partial charge in [-0.2, -0.15) is 0 Å². The van der Waals surface area contributed by atoms with E-state index >= 15 is 0 Å². The summed E-state index contributed by atoms with van der Waals surface area (Å²) < 4.78 is 5.17. The van der Waals surface area contributed by atoms with Gasteiger partial charge in [-0.3, -0.25) is 9.59 Å². The van der Waals surface area contributed by atoms with Gasteiger partial charge in [0.15, 0.2) is 0 Å². The Labute approximate surface area is 177 Å². The van der Waals surface area contributed by atoms with Crippen molar-refractivity contribution in [2.75, 3.05) is 13.7 Å². The fourth-order valence-corrected chi connectivity index (χ4v) is 3.31. The first-order chi connectivity index (χ1) is 14.5. The van der Waals surface area contributed by atoms with Crippen molar-refractivity contribution >= 4 is 22.7 Å². The van der Waals surface area contributed by atoms with Crippen LogP contribution in [-0.2, 0) is 22.4 Å². The van der Waals surface area contributed by atoms with Gasteiger partial charge in [0.25, 0.3) is 0 Å². The number of nitrogens with one attached hydrogen (secondary N) is 3. The van der Waals surface area contributed by atoms with Gasteiger partial charge in [-0.25, -0.2) is 0 Å². The molecule has 2 amide bonds. The number of para-hydroxylation sites is 1. The van der Waals surface area contributed by atoms with E-state index in [2.05, 4.69) is 15.6 Å². The molecular weight excluding hydrogens is 378 g/mol. The van der Waals surface area contributed by atoms with E-state index in [4.69, 9.17) is 4.74 Å². The van der Waals surface area contributed by atoms with Crippen molar-refractivity contribution in [1.82, 2.24) is 15.6 Å². The van der Waals surface area contributed by atoms with E-state index in [1.807, 2.05) is 68.6 Å². The number of fused-ring (bicyclic) bond motifs is 1. The molecule has 3 aromatic rings. The molecule has 30 heavy (non-hydrogen) atoms. The molecule has 158 valence electrons. The minimum absolute atomic E-state index is 0.134. The highest BCUT2D eigenvalue weighted by molar-refractivity contribution is 5.90. The van der Waals surface area contributed by atoms with Crippen LogP contribution in [-0.4, -0.2) is 36.5 Å². The molecule has 6 nitrogen and oxygen atoms in total. The molecule has 3 rings (SSSR count). The Bertz CT molecular complexity index is 992. The number of aromatic amines is 1. The second-order valence-corrected chi connectivity index (χ2v) is 7.67. The van der Waals surface area contributed by atoms with Crippen molar-refractivity contribution in [2.24, 2.45) is 5.92 Å². The molecule has 0 aliphatic rings. The Morgan fingerprint density at radius 3 is 2.47 bits per heavy atom. The van der Waals surface area contributed by atoms with Crippen molar-refractivity contribution in [1.29, 1.82) is 0 Å². The van der Waals surface area contributed by atoms with Gasteiger partial charge in [-0.15, -0.1) is 0 Å². The summed E-state index contributed by atoms with van der Waals surface area (Å²) in [6, 6.07) is 15.1. The summed E-state index contributed by atoms with van der Waals surface area (Å²) >= 11 is 0. The summed E-state index contributed by atoms with van der Waals surface area (Å²) in [4.78, 5) is 28.4. The van der Waals surface area contributed by atoms with E-state index in [1.54, 1.807) is 7.11 Å². The molecule has 0 aliphatic carbocycles. The zero-order valence-electron chi connectivity index (χ0n) is 17.7. The van der Waals surface area contributed by atoms with Gasteiger partial charge < -0.3 is 20.4 Å². The van der Waals surface area contributed by atoms with Crippen LogP contribution < -0.4 is 15.4 Å². The highest BCUT2D eigenvalue weighted by Gasteiger charge is 2.23. The van der Waals surface area contributed by atoms with Gasteiger partial charge in [-0.1, -0.05) is 44.2 Å². The van der Waals surface area contributed by atoms with E-state index in [0.717, 1.165) is 27.8 Å². The lowest BCUT2D eigenvalue weighted by Crippen LogP contribution is -2.49. The van der Waals surface area contributed by atoms with E-state index in [0.29, 0.717) is 19.4 Å². The third-order valence-corrected chi connectivity index (χ3v) is 5.13. The van der Waals surface area contributed by atoms with Gasteiger partial charge >= 0.3 is 0 Å². The van der Waals surface area contributed by atoms with Gasteiger partial charge in [0.2, 0.25) is 11.8 Å². The fourth-order valence-electron chi connectivity index (χ4n) is 3.31. The van der Waals surface area contributed by atoms with Crippen LogP contribution in [0, 0.1) is 5.92 Å². The van der Waals surface area contributed by atoms with Crippen LogP contribution in [0.1, 0.15) is 25.0 Å². The number of amides is 2. The van der Waals surface area contributed by atoms with E-state index < -0.39 is 6.04 Å². The van der Waals surface area contributed by atoms with E-state index in [-0.39, 0.29) is 17.7 Å². The average molecular weight is 408 g/mol. The monoisotopic (exact) mass is 407 g/mol. The van der Waals surface area contributed by atoms with Crippen LogP contribution in [0.25, 0.3) is 10.9 Å². The first-order valence-electron chi connectivity index (χ1n) is 10.2. The van der Waals surface area contributed by atoms with Crippen LogP contribution in [0.4, 0.5) is 0 Å². The molecule has 0 saturated heterocycles. The molecule has 3 N–H and O–H groups in total. The number of aromatic nitrogens is 1. The molecule has 0 saturated carbocycles. The molecule has 0 fully saturated rings. The Kier molecular flexibility index (Phi) is 7.12. The molecule has 0 radical (unpaired) electrons. The highest BCUT2D eigenvalue weighted by atomic mass is 16.5. The molecule has 0 aliphatic heterocycles. The maximum Gasteiger partial charge on any atom is 0.242 e. The van der Waals surface area contributed by atoms with Gasteiger partial charge in [0, 0.05) is 36.0 Å². The van der Waals surface area contributed by atoms with Gasteiger partial charge in [0.05, 0.1) is 7.11 Å². The summed E-state index contributed by atoms with van der Waals surface area (Å²) in [6.07, 6.45) is 3.04. The first-order valence-corrected chi connectivity index (χ1v) is 10.2. The predicted octanol–water partition coefficient (Wildman–Crippen LogP) is 3.22. The first kappa shape index (κ1) is 21.4. The number of hydrogen-bond acceptors (Lipinski definition) is 3. The summed E-state index contributed by atoms with van der Waals surface area (Å²) in [7, 11) is 1.63. The zero-order valence-corrected chi connectivity index (χ0v) is 17.7. The van der Waals surface area contributed by atoms with Crippen molar-refractivity contribution < 1.29 is 14.3 Å². The van der Waals surface area contributed by atoms with Crippen LogP contribution >= 0.6 is 0 Å². The number of H-pyrrole nitrogens is 1. The van der Waals surface area contributed by atoms with Crippen LogP contribution in [0.2, 0.25) is 0 Å². The average Bonchev–Trinajstić information content (AvgIpc) is 3.16. The largest absolute Gasteiger partial charge is 0.497 e. The molecule has 2 aromatic carbocycles. The number of carbonyl (C=O) groups is 2. The van der Waals surface area contributed by atoms with E-state index in [1.165, 1.54) is 0 Å². The Morgan fingerprint density at radius 2 is 1.77 bits per heavy atom. The Balaban J connectivity index is 1.66. The maximum absolute atomic E-state index is 12.9. The van der Waals surface area contributed by atoms with Crippen molar-refractivity contribution in [2.45, 2.75) is 32.7 Å². The fraction of sp³-hybridized carbons (Fsp3) is 0.333. The van der Waals surface area contributed by atoms with E-state index in [9.17, 15) is 9.59 Å². The number of carbonyl (C=O) groups excluding carboxylic acids is 2. The third kappa shape index (κ3) is 5.41. The second-order valence-electron chi connectivity index (χ2n) is 7.67. The maximum atomic E-state index is 12.9. The van der Waals surface area contributed by atoms with Crippen LogP contribution in [0.5, 0.6) is 5.75 Å². The highest BCUT2D eigenvalue weighted by Crippen LogP contribution is 2.19. The standard InChI is InChI=1S/C24H29N3O3/c1-16(2)23(28)27-22(14-18-15-26-21-7-5-4-6-20(18)21)24(29)25-13-12-17-8-10-19(30-3)11-9-17/h4-11,15-16,22,26H,12-14H2,1-3H3,(H,25,29)(H,27,28). The zero-order chi connectivity index (χ0) is 21.5. The summed E-state index contributed by atoms with van der Waals surface area (Å²) in [5.74, 6) is 0.300. The Hall–Kier alpha value is -3.28. The number of rotatable bonds is 9. The van der Waals surface area contributed by atoms with Crippen LogP contribution in [0.3, 0.4) is 0 Å². The lowest BCUT2D eigenvalue weighted by Gasteiger charge is -2.19. The van der Waals surface area contributed by atoms with Crippen LogP contribution in [0.15, 0.2) is 54.7 Å². The summed E-state index contributed by atoms with van der Waals surface area (Å²) in [5.41, 5.74) is 3.13. The van der Waals surface area contributed by atoms with Gasteiger partial charge in [0.1, 0.15) is 11.8 Å². The Morgan fingerprint density at radius 1 is 1.03 bits per heavy atom. The van der Waals surface area contributed by atoms with Gasteiger partial charge in [-0.05, 0) is 35.7 Å². The smallest absolute Gasteiger partial charge is 0.242 e. The topological polar surface area (TPSA) is 83.2 Å². The lowest BCUT2D eigenvalue weighted by atomic mass is 10.0. The second kappa shape index (κ2) is 9.96. The number of hydrogen-bond donors (Lipinski definition) is 3.